The Kier molecular flexibility index (Phi) is 19.4. The fourth-order valence-corrected chi connectivity index (χ4v) is 10.0. The molecule has 0 bridgehead atoms. The van der Waals surface area contributed by atoms with Gasteiger partial charge < -0.3 is 44.7 Å². The van der Waals surface area contributed by atoms with E-state index in [0.717, 1.165) is 27.8 Å². The molecule has 0 radical (unpaired) electrons. The molecular weight excluding hydrogens is 903 g/mol. The summed E-state index contributed by atoms with van der Waals surface area (Å²) in [7, 11) is 4.71. The second kappa shape index (κ2) is 24.6. The van der Waals surface area contributed by atoms with Gasteiger partial charge in [0.25, 0.3) is 0 Å². The van der Waals surface area contributed by atoms with Gasteiger partial charge in [0.15, 0.2) is 0 Å². The van der Waals surface area contributed by atoms with Crippen LogP contribution in [-0.4, -0.2) is 127 Å². The first kappa shape index (κ1) is 56.1. The van der Waals surface area contributed by atoms with Crippen LogP contribution in [0.15, 0.2) is 78.9 Å². The average molecular weight is 982 g/mol. The van der Waals surface area contributed by atoms with Crippen molar-refractivity contribution in [2.45, 2.75) is 155 Å². The van der Waals surface area contributed by atoms with E-state index in [4.69, 9.17) is 18.9 Å². The summed E-state index contributed by atoms with van der Waals surface area (Å²) in [4.78, 5) is 87.2. The molecule has 2 aliphatic rings. The molecule has 1 heterocycles. The van der Waals surface area contributed by atoms with Crippen molar-refractivity contribution < 1.29 is 47.7 Å². The van der Waals surface area contributed by atoms with Gasteiger partial charge in [-0.25, -0.2) is 9.59 Å². The van der Waals surface area contributed by atoms with Gasteiger partial charge >= 0.3 is 12.1 Å². The highest BCUT2D eigenvalue weighted by Gasteiger charge is 2.44. The molecule has 388 valence electrons. The fraction of sp³-hybridized carbons (Fsp3) is 0.571. The Labute approximate surface area is 421 Å². The number of fused-ring (bicyclic) bond motifs is 3. The number of ether oxygens (including phenoxy) is 4. The van der Waals surface area contributed by atoms with Crippen molar-refractivity contribution in [1.82, 2.24) is 25.8 Å². The van der Waals surface area contributed by atoms with Gasteiger partial charge in [-0.05, 0) is 87.1 Å². The summed E-state index contributed by atoms with van der Waals surface area (Å²) in [5.74, 6) is -3.51. The van der Waals surface area contributed by atoms with E-state index < -0.39 is 77.3 Å². The predicted octanol–water partition coefficient (Wildman–Crippen LogP) is 7.43. The van der Waals surface area contributed by atoms with Crippen LogP contribution >= 0.6 is 0 Å². The van der Waals surface area contributed by atoms with Gasteiger partial charge in [0.05, 0.1) is 36.6 Å². The Balaban J connectivity index is 1.24. The van der Waals surface area contributed by atoms with E-state index in [1.807, 2.05) is 94.4 Å². The number of rotatable bonds is 22. The van der Waals surface area contributed by atoms with E-state index >= 15 is 0 Å². The Bertz CT molecular complexity index is 2270. The topological polar surface area (TPSA) is 182 Å². The van der Waals surface area contributed by atoms with Gasteiger partial charge in [0, 0.05) is 40.2 Å². The summed E-state index contributed by atoms with van der Waals surface area (Å²) in [5.41, 5.74) is 2.96. The number of nitrogens with zero attached hydrogens (tertiary/aromatic N) is 2. The van der Waals surface area contributed by atoms with Gasteiger partial charge in [0.2, 0.25) is 23.6 Å². The molecule has 3 aromatic rings. The molecule has 0 unspecified atom stereocenters. The summed E-state index contributed by atoms with van der Waals surface area (Å²) in [6, 6.07) is 22.5. The normalized spacial score (nSPS) is 17.7. The van der Waals surface area contributed by atoms with Crippen LogP contribution in [0.3, 0.4) is 0 Å². The van der Waals surface area contributed by atoms with Crippen molar-refractivity contribution in [2.75, 3.05) is 34.4 Å². The molecule has 1 aliphatic heterocycles. The van der Waals surface area contributed by atoms with Gasteiger partial charge in [-0.3, -0.25) is 19.2 Å². The van der Waals surface area contributed by atoms with E-state index in [2.05, 4.69) is 28.1 Å². The van der Waals surface area contributed by atoms with Crippen LogP contribution in [0, 0.1) is 17.8 Å². The number of carbonyl (C=O) groups excluding carboxylic acids is 6. The molecule has 3 N–H and O–H groups in total. The molecule has 15 heteroatoms. The summed E-state index contributed by atoms with van der Waals surface area (Å²) < 4.78 is 23.5. The molecule has 15 nitrogen and oxygen atoms in total. The van der Waals surface area contributed by atoms with Gasteiger partial charge in [-0.2, -0.15) is 0 Å². The van der Waals surface area contributed by atoms with E-state index in [9.17, 15) is 28.8 Å². The number of hydrogen-bond donors (Lipinski definition) is 3. The van der Waals surface area contributed by atoms with Gasteiger partial charge in [-0.15, -0.1) is 0 Å². The van der Waals surface area contributed by atoms with Gasteiger partial charge in [-0.1, -0.05) is 120 Å². The van der Waals surface area contributed by atoms with Crippen LogP contribution in [0.2, 0.25) is 0 Å². The average Bonchev–Trinajstić information content (AvgIpc) is 3.94. The van der Waals surface area contributed by atoms with E-state index in [-0.39, 0.29) is 49.0 Å². The number of likely N-dealkylation sites (N-methyl/N-ethyl adjacent to an activating group) is 1. The van der Waals surface area contributed by atoms with Crippen molar-refractivity contribution in [3.05, 3.63) is 95.6 Å². The lowest BCUT2D eigenvalue weighted by molar-refractivity contribution is -0.159. The first-order valence-electron chi connectivity index (χ1n) is 25.2. The number of benzene rings is 3. The quantitative estimate of drug-likeness (QED) is 0.0857. The molecule has 1 aliphatic carbocycles. The molecule has 5 rings (SSSR count). The molecule has 0 aromatic heterocycles. The number of nitrogens with one attached hydrogen (secondary N) is 3. The number of carbonyl (C=O) groups is 6. The smallest absolute Gasteiger partial charge is 0.408 e. The van der Waals surface area contributed by atoms with E-state index in [0.29, 0.717) is 25.8 Å². The SMILES string of the molecule is CC[C@H](C)[C@@H]([C@@H](CC(=O)N1CCC[C@H]1[C@H](OC)[C@@H](C)C(=O)N[C@@H](Cc1ccccc1)C(=O)OC(C)(C)C)OC)N(C)C(=O)[C@@H](NC(=O)C(C)(C)NC(=O)OCC1c2ccccc2-c2ccccc21)C(C)C. The molecule has 0 spiro atoms. The lowest BCUT2D eigenvalue weighted by Crippen LogP contribution is -2.62. The number of amides is 5. The van der Waals surface area contributed by atoms with E-state index in [1.54, 1.807) is 58.4 Å². The standard InChI is InChI=1S/C56H79N5O10/c1-14-35(4)48(60(11)51(64)47(34(2)3)58-53(66)56(9,10)59-54(67)70-33-42-40-27-20-18-25-38(40)39-26-19-21-28-41(39)42)45(68-12)32-46(62)61-30-22-29-44(61)49(69-13)36(5)50(63)57-43(52(65)71-55(6,7)8)31-37-23-16-15-17-24-37/h15-21,23-28,34-36,42-45,47-49H,14,22,29-33H2,1-13H3,(H,57,63)(H,58,66)(H,59,67)/t35-,36+,43-,44-,45+,47-,48-,49+/m0/s1. The van der Waals surface area contributed by atoms with Crippen LogP contribution in [0.5, 0.6) is 0 Å². The minimum Gasteiger partial charge on any atom is -0.458 e. The maximum atomic E-state index is 14.6. The van der Waals surface area contributed by atoms with Crippen LogP contribution < -0.4 is 16.0 Å². The molecule has 0 saturated carbocycles. The predicted molar refractivity (Wildman–Crippen MR) is 273 cm³/mol. The largest absolute Gasteiger partial charge is 0.458 e. The summed E-state index contributed by atoms with van der Waals surface area (Å²) in [6.07, 6.45) is -0.100. The summed E-state index contributed by atoms with van der Waals surface area (Å²) >= 11 is 0. The maximum Gasteiger partial charge on any atom is 0.408 e. The van der Waals surface area contributed by atoms with E-state index in [1.165, 1.54) is 14.2 Å². The zero-order valence-corrected chi connectivity index (χ0v) is 44.2. The van der Waals surface area contributed by atoms with Crippen molar-refractivity contribution in [1.29, 1.82) is 0 Å². The number of likely N-dealkylation sites (tertiary alicyclic amines) is 1. The monoisotopic (exact) mass is 982 g/mol. The number of esters is 1. The lowest BCUT2D eigenvalue weighted by Gasteiger charge is -2.41. The van der Waals surface area contributed by atoms with Crippen LogP contribution in [0.25, 0.3) is 11.1 Å². The third-order valence-corrected chi connectivity index (χ3v) is 14.1. The third kappa shape index (κ3) is 14.0. The van der Waals surface area contributed by atoms with Crippen molar-refractivity contribution in [2.24, 2.45) is 17.8 Å². The van der Waals surface area contributed by atoms with Crippen LogP contribution in [0.1, 0.15) is 118 Å². The maximum absolute atomic E-state index is 14.6. The van der Waals surface area contributed by atoms with Gasteiger partial charge in [0.1, 0.15) is 29.8 Å². The van der Waals surface area contributed by atoms with Crippen molar-refractivity contribution in [3.8, 4) is 11.1 Å². The molecule has 8 atom stereocenters. The van der Waals surface area contributed by atoms with Crippen LogP contribution in [0.4, 0.5) is 4.79 Å². The Hall–Kier alpha value is -5.80. The Morgan fingerprint density at radius 3 is 1.94 bits per heavy atom. The fourth-order valence-electron chi connectivity index (χ4n) is 10.0. The highest BCUT2D eigenvalue weighted by molar-refractivity contribution is 5.94. The Morgan fingerprint density at radius 2 is 1.39 bits per heavy atom. The number of alkyl carbamates (subject to hydrolysis) is 1. The third-order valence-electron chi connectivity index (χ3n) is 14.1. The molecular formula is C56H79N5O10. The second-order valence-electron chi connectivity index (χ2n) is 21.1. The highest BCUT2D eigenvalue weighted by Crippen LogP contribution is 2.44. The number of methoxy groups -OCH3 is 2. The zero-order valence-electron chi connectivity index (χ0n) is 44.2. The molecule has 71 heavy (non-hydrogen) atoms. The lowest BCUT2D eigenvalue weighted by atomic mass is 9.89. The summed E-state index contributed by atoms with van der Waals surface area (Å²) in [6.45, 7) is 18.4. The first-order valence-corrected chi connectivity index (χ1v) is 25.2. The van der Waals surface area contributed by atoms with Crippen LogP contribution in [-0.2, 0) is 49.3 Å². The van der Waals surface area contributed by atoms with Crippen molar-refractivity contribution >= 4 is 35.7 Å². The minimum atomic E-state index is -1.46. The summed E-state index contributed by atoms with van der Waals surface area (Å²) in [5, 5.41) is 8.56. The van der Waals surface area contributed by atoms with Crippen molar-refractivity contribution in [3.63, 3.8) is 0 Å². The zero-order chi connectivity index (χ0) is 52.4. The molecule has 3 aromatic carbocycles. The minimum absolute atomic E-state index is 0.0653. The molecule has 1 saturated heterocycles. The molecule has 1 fully saturated rings. The highest BCUT2D eigenvalue weighted by atomic mass is 16.6. The Morgan fingerprint density at radius 1 is 0.803 bits per heavy atom. The molecule has 5 amide bonds. The second-order valence-corrected chi connectivity index (χ2v) is 21.1. The first-order chi connectivity index (χ1) is 33.5. The number of hydrogen-bond acceptors (Lipinski definition) is 10.